The Morgan fingerprint density at radius 3 is 2.45 bits per heavy atom. The number of nitrogens with zero attached hydrogens (tertiary/aromatic N) is 3. The van der Waals surface area contributed by atoms with Crippen LogP contribution in [0.15, 0.2) is 30.3 Å². The van der Waals surface area contributed by atoms with E-state index in [1.807, 2.05) is 29.2 Å². The van der Waals surface area contributed by atoms with Crippen LogP contribution in [0.5, 0.6) is 5.75 Å². The Bertz CT molecular complexity index is 1050. The van der Waals surface area contributed by atoms with Gasteiger partial charge in [0, 0.05) is 31.9 Å². The highest BCUT2D eigenvalue weighted by Crippen LogP contribution is 2.36. The summed E-state index contributed by atoms with van der Waals surface area (Å²) in [6.45, 7) is 9.09. The van der Waals surface area contributed by atoms with Gasteiger partial charge in [0.05, 0.1) is 11.8 Å². The number of anilines is 2. The Hall–Kier alpha value is -2.80. The molecule has 3 aromatic rings. The van der Waals surface area contributed by atoms with Gasteiger partial charge in [-0.2, -0.15) is 0 Å². The number of rotatable bonds is 3. The van der Waals surface area contributed by atoms with Crippen LogP contribution in [-0.2, 0) is 0 Å². The highest BCUT2D eigenvalue weighted by molar-refractivity contribution is 7.22. The first-order chi connectivity index (χ1) is 14.0. The van der Waals surface area contributed by atoms with Crippen LogP contribution in [0.2, 0.25) is 0 Å². The van der Waals surface area contributed by atoms with Crippen molar-refractivity contribution in [2.75, 3.05) is 43.5 Å². The van der Waals surface area contributed by atoms with Crippen molar-refractivity contribution in [3.05, 3.63) is 47.0 Å². The molecular weight excluding hydrogens is 384 g/mol. The first kappa shape index (κ1) is 19.5. The number of fused-ring (bicyclic) bond motifs is 1. The highest BCUT2D eigenvalue weighted by Gasteiger charge is 2.24. The van der Waals surface area contributed by atoms with Crippen LogP contribution >= 0.6 is 11.3 Å². The number of benzene rings is 2. The normalized spacial score (nSPS) is 14.3. The summed E-state index contributed by atoms with van der Waals surface area (Å²) in [6.07, 6.45) is 0. The van der Waals surface area contributed by atoms with Crippen molar-refractivity contribution >= 4 is 38.4 Å². The van der Waals surface area contributed by atoms with Gasteiger partial charge in [-0.3, -0.25) is 0 Å². The zero-order valence-electron chi connectivity index (χ0n) is 17.3. The number of thiazole rings is 1. The van der Waals surface area contributed by atoms with E-state index < -0.39 is 0 Å². The van der Waals surface area contributed by atoms with Crippen molar-refractivity contribution in [2.24, 2.45) is 0 Å². The lowest BCUT2D eigenvalue weighted by molar-refractivity contribution is 0.208. The lowest BCUT2D eigenvalue weighted by Gasteiger charge is -2.34. The SMILES string of the molecule is COc1ccc(C)c2sc(N3CCN(C(=O)Nc4ccc(C)c(C)c4)CC3)nc12. The fourth-order valence-corrected chi connectivity index (χ4v) is 4.62. The number of urea groups is 1. The predicted octanol–water partition coefficient (Wildman–Crippen LogP) is 4.58. The van der Waals surface area contributed by atoms with Gasteiger partial charge in [-0.25, -0.2) is 9.78 Å². The molecule has 1 fully saturated rings. The molecule has 2 aromatic carbocycles. The monoisotopic (exact) mass is 410 g/mol. The summed E-state index contributed by atoms with van der Waals surface area (Å²) in [5, 5.41) is 4.01. The van der Waals surface area contributed by atoms with Crippen LogP contribution in [0.4, 0.5) is 15.6 Å². The van der Waals surface area contributed by atoms with Crippen molar-refractivity contribution in [2.45, 2.75) is 20.8 Å². The molecule has 2 heterocycles. The number of hydrogen-bond donors (Lipinski definition) is 1. The summed E-state index contributed by atoms with van der Waals surface area (Å²) in [6, 6.07) is 9.99. The minimum atomic E-state index is -0.0466. The number of amides is 2. The fraction of sp³-hybridized carbons (Fsp3) is 0.364. The average Bonchev–Trinajstić information content (AvgIpc) is 3.18. The molecule has 4 rings (SSSR count). The van der Waals surface area contributed by atoms with E-state index in [1.54, 1.807) is 18.4 Å². The number of hydrogen-bond acceptors (Lipinski definition) is 5. The van der Waals surface area contributed by atoms with Gasteiger partial charge in [0.1, 0.15) is 11.3 Å². The second-order valence-electron chi connectivity index (χ2n) is 7.46. The number of carbonyl (C=O) groups excluding carboxylic acids is 1. The molecule has 0 unspecified atom stereocenters. The number of aromatic nitrogens is 1. The molecule has 1 N–H and O–H groups in total. The Labute approximate surface area is 175 Å². The van der Waals surface area contributed by atoms with Crippen molar-refractivity contribution in [1.82, 2.24) is 9.88 Å². The number of aryl methyl sites for hydroxylation is 3. The van der Waals surface area contributed by atoms with Crippen molar-refractivity contribution in [1.29, 1.82) is 0 Å². The zero-order chi connectivity index (χ0) is 20.5. The summed E-state index contributed by atoms with van der Waals surface area (Å²) >= 11 is 1.69. The highest BCUT2D eigenvalue weighted by atomic mass is 32.1. The quantitative estimate of drug-likeness (QED) is 0.686. The minimum Gasteiger partial charge on any atom is -0.494 e. The number of methoxy groups -OCH3 is 1. The Balaban J connectivity index is 1.42. The summed E-state index contributed by atoms with van der Waals surface area (Å²) in [7, 11) is 1.68. The molecule has 0 radical (unpaired) electrons. The van der Waals surface area contributed by atoms with Gasteiger partial charge in [0.15, 0.2) is 5.13 Å². The van der Waals surface area contributed by atoms with E-state index in [0.29, 0.717) is 13.1 Å². The average molecular weight is 411 g/mol. The summed E-state index contributed by atoms with van der Waals surface area (Å²) < 4.78 is 6.63. The maximum atomic E-state index is 12.6. The summed E-state index contributed by atoms with van der Waals surface area (Å²) in [5.41, 5.74) is 5.36. The van der Waals surface area contributed by atoms with E-state index in [2.05, 4.69) is 37.1 Å². The first-order valence-corrected chi connectivity index (χ1v) is 10.6. The predicted molar refractivity (Wildman–Crippen MR) is 120 cm³/mol. The van der Waals surface area contributed by atoms with Gasteiger partial charge >= 0.3 is 6.03 Å². The number of piperazine rings is 1. The molecule has 6 nitrogen and oxygen atoms in total. The van der Waals surface area contributed by atoms with E-state index >= 15 is 0 Å². The van der Waals surface area contributed by atoms with Crippen LogP contribution < -0.4 is 15.0 Å². The lowest BCUT2D eigenvalue weighted by atomic mass is 10.1. The molecule has 1 aliphatic heterocycles. The third-order valence-electron chi connectivity index (χ3n) is 5.51. The van der Waals surface area contributed by atoms with Gasteiger partial charge in [0.25, 0.3) is 0 Å². The Kier molecular flexibility index (Phi) is 5.32. The fourth-order valence-electron chi connectivity index (χ4n) is 3.52. The maximum absolute atomic E-state index is 12.6. The van der Waals surface area contributed by atoms with E-state index in [9.17, 15) is 4.79 Å². The van der Waals surface area contributed by atoms with Crippen LogP contribution in [0.3, 0.4) is 0 Å². The van der Waals surface area contributed by atoms with Gasteiger partial charge in [0.2, 0.25) is 0 Å². The molecule has 0 aliphatic carbocycles. The molecule has 1 aromatic heterocycles. The molecule has 1 aliphatic rings. The molecule has 0 bridgehead atoms. The number of ether oxygens (including phenoxy) is 1. The number of carbonyl (C=O) groups is 1. The Morgan fingerprint density at radius 1 is 1.03 bits per heavy atom. The molecular formula is C22H26N4O2S. The second-order valence-corrected chi connectivity index (χ2v) is 8.44. The second kappa shape index (κ2) is 7.91. The van der Waals surface area contributed by atoms with Crippen LogP contribution in [0, 0.1) is 20.8 Å². The smallest absolute Gasteiger partial charge is 0.321 e. The first-order valence-electron chi connectivity index (χ1n) is 9.78. The minimum absolute atomic E-state index is 0.0466. The summed E-state index contributed by atoms with van der Waals surface area (Å²) in [4.78, 5) is 21.6. The Morgan fingerprint density at radius 2 is 1.76 bits per heavy atom. The van der Waals surface area contributed by atoms with Crippen LogP contribution in [0.25, 0.3) is 10.2 Å². The maximum Gasteiger partial charge on any atom is 0.321 e. The van der Waals surface area contributed by atoms with Crippen molar-refractivity contribution in [3.63, 3.8) is 0 Å². The molecule has 2 amide bonds. The van der Waals surface area contributed by atoms with Gasteiger partial charge in [-0.15, -0.1) is 0 Å². The topological polar surface area (TPSA) is 57.7 Å². The van der Waals surface area contributed by atoms with Crippen molar-refractivity contribution in [3.8, 4) is 5.75 Å². The zero-order valence-corrected chi connectivity index (χ0v) is 18.1. The molecule has 1 saturated heterocycles. The third-order valence-corrected chi connectivity index (χ3v) is 6.76. The summed E-state index contributed by atoms with van der Waals surface area (Å²) in [5.74, 6) is 0.805. The molecule has 152 valence electrons. The van der Waals surface area contributed by atoms with E-state index in [4.69, 9.17) is 9.72 Å². The molecule has 0 saturated carbocycles. The van der Waals surface area contributed by atoms with Gasteiger partial charge in [-0.05, 0) is 55.7 Å². The largest absolute Gasteiger partial charge is 0.494 e. The molecule has 0 spiro atoms. The lowest BCUT2D eigenvalue weighted by Crippen LogP contribution is -2.50. The van der Waals surface area contributed by atoms with Crippen LogP contribution in [-0.4, -0.2) is 49.2 Å². The van der Waals surface area contributed by atoms with Gasteiger partial charge < -0.3 is 19.9 Å². The molecule has 7 heteroatoms. The van der Waals surface area contributed by atoms with Crippen LogP contribution in [0.1, 0.15) is 16.7 Å². The number of nitrogens with one attached hydrogen (secondary N) is 1. The van der Waals surface area contributed by atoms with E-state index in [0.717, 1.165) is 39.9 Å². The third kappa shape index (κ3) is 3.87. The van der Waals surface area contributed by atoms with E-state index in [1.165, 1.54) is 16.7 Å². The van der Waals surface area contributed by atoms with E-state index in [-0.39, 0.29) is 6.03 Å². The van der Waals surface area contributed by atoms with Crippen molar-refractivity contribution < 1.29 is 9.53 Å². The van der Waals surface area contributed by atoms with Gasteiger partial charge in [-0.1, -0.05) is 23.5 Å². The standard InChI is InChI=1S/C22H26N4O2S/c1-14-5-7-17(13-16(14)3)23-21(27)25-9-11-26(12-10-25)22-24-19-18(28-4)8-6-15(2)20(19)29-22/h5-8,13H,9-12H2,1-4H3,(H,23,27). The molecule has 29 heavy (non-hydrogen) atoms. The molecule has 0 atom stereocenters.